The van der Waals surface area contributed by atoms with E-state index in [1.165, 1.54) is 7.11 Å². The zero-order valence-corrected chi connectivity index (χ0v) is 13.5. The summed E-state index contributed by atoms with van der Waals surface area (Å²) >= 11 is 0. The van der Waals surface area contributed by atoms with Crippen molar-refractivity contribution in [3.8, 4) is 0 Å². The minimum atomic E-state index is -0.261. The smallest absolute Gasteiger partial charge is 0.328 e. The molecule has 1 aromatic rings. The number of esters is 1. The van der Waals surface area contributed by atoms with Crippen LogP contribution in [0.5, 0.6) is 0 Å². The highest BCUT2D eigenvalue weighted by molar-refractivity contribution is 5.80. The van der Waals surface area contributed by atoms with Crippen molar-refractivity contribution in [2.75, 3.05) is 31.6 Å². The topological polar surface area (TPSA) is 63.6 Å². The molecule has 0 spiro atoms. The lowest BCUT2D eigenvalue weighted by atomic mass is 9.84. The average molecular weight is 317 g/mol. The van der Waals surface area contributed by atoms with Gasteiger partial charge in [0.1, 0.15) is 6.04 Å². The Hall–Kier alpha value is -1.82. The molecule has 6 nitrogen and oxygen atoms in total. The van der Waals surface area contributed by atoms with E-state index in [0.717, 1.165) is 56.8 Å². The van der Waals surface area contributed by atoms with E-state index in [-0.39, 0.29) is 17.6 Å². The summed E-state index contributed by atoms with van der Waals surface area (Å²) in [6.07, 6.45) is 2.89. The number of methoxy groups -OCH3 is 1. The minimum absolute atomic E-state index is 0.0598. The molecule has 3 aliphatic heterocycles. The Labute approximate surface area is 135 Å². The van der Waals surface area contributed by atoms with Crippen LogP contribution in [0.2, 0.25) is 0 Å². The molecule has 2 fully saturated rings. The Morgan fingerprint density at radius 3 is 3.04 bits per heavy atom. The molecule has 3 aliphatic rings. The van der Waals surface area contributed by atoms with Crippen LogP contribution in [0.3, 0.4) is 0 Å². The molecule has 2 bridgehead atoms. The molecule has 0 aromatic carbocycles. The van der Waals surface area contributed by atoms with Gasteiger partial charge in [-0.1, -0.05) is 0 Å². The quantitative estimate of drug-likeness (QED) is 0.814. The molecule has 124 valence electrons. The number of hydrogen-bond donors (Lipinski definition) is 1. The van der Waals surface area contributed by atoms with Crippen molar-refractivity contribution in [3.05, 3.63) is 28.2 Å². The number of nitrogens with one attached hydrogen (secondary N) is 1. The number of carbonyl (C=O) groups excluding carboxylic acids is 1. The third-order valence-electron chi connectivity index (χ3n) is 5.50. The second kappa shape index (κ2) is 5.67. The Bertz CT molecular complexity index is 684. The van der Waals surface area contributed by atoms with Gasteiger partial charge in [-0.25, -0.2) is 4.79 Å². The number of nitrogens with zero attached hydrogens (tertiary/aromatic N) is 2. The summed E-state index contributed by atoms with van der Waals surface area (Å²) in [5.41, 5.74) is 2.05. The average Bonchev–Trinajstić information content (AvgIpc) is 3.05. The van der Waals surface area contributed by atoms with E-state index in [4.69, 9.17) is 4.74 Å². The number of rotatable bonds is 2. The summed E-state index contributed by atoms with van der Waals surface area (Å²) in [5, 5.41) is 3.47. The predicted molar refractivity (Wildman–Crippen MR) is 86.8 cm³/mol. The molecule has 1 unspecified atom stereocenters. The molecule has 1 aromatic heterocycles. The van der Waals surface area contributed by atoms with E-state index in [1.807, 2.05) is 9.47 Å². The van der Waals surface area contributed by atoms with E-state index >= 15 is 0 Å². The van der Waals surface area contributed by atoms with Crippen LogP contribution in [0.1, 0.15) is 30.9 Å². The van der Waals surface area contributed by atoms with Crippen molar-refractivity contribution in [1.29, 1.82) is 0 Å². The van der Waals surface area contributed by atoms with Gasteiger partial charge >= 0.3 is 5.97 Å². The fraction of sp³-hybridized carbons (Fsp3) is 0.647. The summed E-state index contributed by atoms with van der Waals surface area (Å²) in [6.45, 7) is 3.53. The molecule has 4 rings (SSSR count). The van der Waals surface area contributed by atoms with Crippen LogP contribution in [0.4, 0.5) is 5.69 Å². The summed E-state index contributed by atoms with van der Waals surface area (Å²) in [7, 11) is 1.43. The van der Waals surface area contributed by atoms with Gasteiger partial charge in [0, 0.05) is 43.0 Å². The Balaban J connectivity index is 1.72. The van der Waals surface area contributed by atoms with E-state index < -0.39 is 0 Å². The van der Waals surface area contributed by atoms with E-state index in [9.17, 15) is 9.59 Å². The van der Waals surface area contributed by atoms with Gasteiger partial charge in [-0.15, -0.1) is 0 Å². The van der Waals surface area contributed by atoms with Gasteiger partial charge in [-0.3, -0.25) is 4.79 Å². The van der Waals surface area contributed by atoms with Gasteiger partial charge < -0.3 is 19.5 Å². The van der Waals surface area contributed by atoms with Crippen LogP contribution in [-0.4, -0.2) is 43.3 Å². The molecular formula is C17H23N3O3. The number of fused-ring (bicyclic) bond motifs is 4. The number of ether oxygens (including phenoxy) is 1. The van der Waals surface area contributed by atoms with Gasteiger partial charge in [-0.05, 0) is 37.8 Å². The molecule has 3 atom stereocenters. The lowest BCUT2D eigenvalue weighted by molar-refractivity contribution is -0.141. The fourth-order valence-electron chi connectivity index (χ4n) is 4.41. The third kappa shape index (κ3) is 2.45. The largest absolute Gasteiger partial charge is 0.467 e. The van der Waals surface area contributed by atoms with Crippen LogP contribution in [-0.2, 0) is 16.1 Å². The molecule has 0 aliphatic carbocycles. The highest BCUT2D eigenvalue weighted by Crippen LogP contribution is 2.34. The van der Waals surface area contributed by atoms with Crippen molar-refractivity contribution >= 4 is 11.7 Å². The van der Waals surface area contributed by atoms with Gasteiger partial charge in [0.15, 0.2) is 0 Å². The minimum Gasteiger partial charge on any atom is -0.467 e. The second-order valence-corrected chi connectivity index (χ2v) is 6.92. The van der Waals surface area contributed by atoms with Crippen molar-refractivity contribution < 1.29 is 9.53 Å². The Morgan fingerprint density at radius 1 is 1.35 bits per heavy atom. The maximum absolute atomic E-state index is 12.6. The van der Waals surface area contributed by atoms with Crippen LogP contribution < -0.4 is 15.8 Å². The zero-order valence-electron chi connectivity index (χ0n) is 13.5. The summed E-state index contributed by atoms with van der Waals surface area (Å²) in [4.78, 5) is 26.6. The number of hydrogen-bond acceptors (Lipinski definition) is 5. The predicted octanol–water partition coefficient (Wildman–Crippen LogP) is 0.697. The first-order valence-corrected chi connectivity index (χ1v) is 8.47. The van der Waals surface area contributed by atoms with Crippen LogP contribution in [0, 0.1) is 5.92 Å². The van der Waals surface area contributed by atoms with Crippen molar-refractivity contribution in [2.24, 2.45) is 5.92 Å². The molecule has 0 saturated carbocycles. The lowest BCUT2D eigenvalue weighted by Crippen LogP contribution is -2.45. The number of aromatic nitrogens is 1. The van der Waals surface area contributed by atoms with Gasteiger partial charge in [0.2, 0.25) is 0 Å². The lowest BCUT2D eigenvalue weighted by Gasteiger charge is -2.38. The third-order valence-corrected chi connectivity index (χ3v) is 5.50. The maximum Gasteiger partial charge on any atom is 0.328 e. The molecule has 0 radical (unpaired) electrons. The first-order valence-electron chi connectivity index (χ1n) is 8.47. The SMILES string of the molecule is COC(=O)[C@@H]1CCCN1c1cc2n(c(=O)c1)CC1CNC[C@@H]2C1. The van der Waals surface area contributed by atoms with Crippen molar-refractivity contribution in [2.45, 2.75) is 37.8 Å². The summed E-state index contributed by atoms with van der Waals surface area (Å²) in [5.74, 6) is 0.744. The Kier molecular flexibility index (Phi) is 3.64. The monoisotopic (exact) mass is 317 g/mol. The first kappa shape index (κ1) is 14.8. The van der Waals surface area contributed by atoms with Gasteiger partial charge in [0.05, 0.1) is 7.11 Å². The van der Waals surface area contributed by atoms with Gasteiger partial charge in [-0.2, -0.15) is 0 Å². The highest BCUT2D eigenvalue weighted by Gasteiger charge is 2.35. The van der Waals surface area contributed by atoms with Crippen LogP contribution in [0.25, 0.3) is 0 Å². The highest BCUT2D eigenvalue weighted by atomic mass is 16.5. The van der Waals surface area contributed by atoms with Crippen molar-refractivity contribution in [3.63, 3.8) is 0 Å². The zero-order chi connectivity index (χ0) is 16.0. The van der Waals surface area contributed by atoms with E-state index in [1.54, 1.807) is 6.07 Å². The fourth-order valence-corrected chi connectivity index (χ4v) is 4.41. The summed E-state index contributed by atoms with van der Waals surface area (Å²) in [6, 6.07) is 3.55. The van der Waals surface area contributed by atoms with Crippen LogP contribution in [0.15, 0.2) is 16.9 Å². The first-order chi connectivity index (χ1) is 11.2. The Morgan fingerprint density at radius 2 is 2.22 bits per heavy atom. The van der Waals surface area contributed by atoms with Gasteiger partial charge in [0.25, 0.3) is 5.56 Å². The number of piperidine rings is 1. The molecule has 6 heteroatoms. The maximum atomic E-state index is 12.6. The molecule has 0 amide bonds. The molecular weight excluding hydrogens is 294 g/mol. The number of anilines is 1. The molecule has 4 heterocycles. The molecule has 1 N–H and O–H groups in total. The normalized spacial score (nSPS) is 29.3. The molecule has 2 saturated heterocycles. The standard InChI is InChI=1S/C17H23N3O3/c1-23-17(22)14-3-2-4-19(14)13-6-15-12-5-11(8-18-9-12)10-20(15)16(21)7-13/h6-7,11-12,14,18H,2-5,8-10H2,1H3/t11?,12-,14-/m0/s1. The van der Waals surface area contributed by atoms with E-state index in [2.05, 4.69) is 11.4 Å². The van der Waals surface area contributed by atoms with Crippen LogP contribution >= 0.6 is 0 Å². The summed E-state index contributed by atoms with van der Waals surface area (Å²) < 4.78 is 6.86. The number of pyridine rings is 1. The van der Waals surface area contributed by atoms with Crippen molar-refractivity contribution in [1.82, 2.24) is 9.88 Å². The van der Waals surface area contributed by atoms with E-state index in [0.29, 0.717) is 11.8 Å². The second-order valence-electron chi connectivity index (χ2n) is 6.92. The molecule has 23 heavy (non-hydrogen) atoms. The number of carbonyl (C=O) groups is 1.